The van der Waals surface area contributed by atoms with Crippen molar-refractivity contribution in [2.75, 3.05) is 31.6 Å². The van der Waals surface area contributed by atoms with E-state index in [1.165, 1.54) is 6.26 Å². The fourth-order valence-corrected chi connectivity index (χ4v) is 1.84. The van der Waals surface area contributed by atoms with Crippen LogP contribution < -0.4 is 5.73 Å². The van der Waals surface area contributed by atoms with Crippen LogP contribution in [-0.4, -0.2) is 56.0 Å². The minimum atomic E-state index is -2.94. The van der Waals surface area contributed by atoms with Crippen molar-refractivity contribution >= 4 is 15.7 Å². The van der Waals surface area contributed by atoms with Gasteiger partial charge in [0.2, 0.25) is 0 Å². The maximum absolute atomic E-state index is 11.0. The Morgan fingerprint density at radius 1 is 1.56 bits per heavy atom. The Morgan fingerprint density at radius 3 is 2.50 bits per heavy atom. The quantitative estimate of drug-likeness (QED) is 0.281. The van der Waals surface area contributed by atoms with Gasteiger partial charge in [0.1, 0.15) is 15.7 Å². The summed E-state index contributed by atoms with van der Waals surface area (Å²) in [6.45, 7) is 5.57. The lowest BCUT2D eigenvalue weighted by atomic mass is 10.1. The molecule has 0 spiro atoms. The van der Waals surface area contributed by atoms with E-state index in [2.05, 4.69) is 5.16 Å². The van der Waals surface area contributed by atoms with Gasteiger partial charge in [0.15, 0.2) is 0 Å². The Labute approximate surface area is 97.0 Å². The van der Waals surface area contributed by atoms with Crippen LogP contribution in [0.5, 0.6) is 0 Å². The van der Waals surface area contributed by atoms with Crippen molar-refractivity contribution in [2.45, 2.75) is 13.8 Å². The average molecular weight is 251 g/mol. The number of sulfone groups is 1. The first-order valence-corrected chi connectivity index (χ1v) is 7.23. The summed E-state index contributed by atoms with van der Waals surface area (Å²) in [6, 6.07) is 0. The average Bonchev–Trinajstić information content (AvgIpc) is 2.21. The molecule has 0 amide bonds. The third-order valence-electron chi connectivity index (χ3n) is 2.38. The largest absolute Gasteiger partial charge is 0.409 e. The molecule has 3 N–H and O–H groups in total. The highest BCUT2D eigenvalue weighted by molar-refractivity contribution is 7.90. The molecule has 16 heavy (non-hydrogen) atoms. The number of hydrogen-bond acceptors (Lipinski definition) is 5. The number of amidine groups is 1. The zero-order valence-electron chi connectivity index (χ0n) is 10.0. The van der Waals surface area contributed by atoms with Crippen LogP contribution in [-0.2, 0) is 9.84 Å². The molecule has 0 radical (unpaired) electrons. The lowest BCUT2D eigenvalue weighted by molar-refractivity contribution is 0.277. The SMILES string of the molecule is CCN(CCS(C)(=O)=O)CC(C)C(N)=NO. The molecule has 0 aromatic heterocycles. The summed E-state index contributed by atoms with van der Waals surface area (Å²) in [4.78, 5) is 1.96. The lowest BCUT2D eigenvalue weighted by Crippen LogP contribution is -2.37. The molecular weight excluding hydrogens is 230 g/mol. The van der Waals surface area contributed by atoms with Gasteiger partial charge < -0.3 is 15.8 Å². The van der Waals surface area contributed by atoms with Crippen molar-refractivity contribution in [3.8, 4) is 0 Å². The van der Waals surface area contributed by atoms with Gasteiger partial charge in [-0.05, 0) is 6.54 Å². The Balaban J connectivity index is 4.21. The maximum atomic E-state index is 11.0. The van der Waals surface area contributed by atoms with Gasteiger partial charge in [-0.1, -0.05) is 19.0 Å². The van der Waals surface area contributed by atoms with Crippen LogP contribution >= 0.6 is 0 Å². The number of nitrogens with zero attached hydrogens (tertiary/aromatic N) is 2. The van der Waals surface area contributed by atoms with Crippen molar-refractivity contribution in [3.63, 3.8) is 0 Å². The van der Waals surface area contributed by atoms with Crippen LogP contribution in [0.15, 0.2) is 5.16 Å². The molecule has 7 heteroatoms. The van der Waals surface area contributed by atoms with E-state index in [1.54, 1.807) is 0 Å². The number of hydrogen-bond donors (Lipinski definition) is 2. The van der Waals surface area contributed by atoms with Crippen LogP contribution in [0.3, 0.4) is 0 Å². The van der Waals surface area contributed by atoms with Crippen LogP contribution in [0.25, 0.3) is 0 Å². The summed E-state index contributed by atoms with van der Waals surface area (Å²) in [5, 5.41) is 11.4. The minimum Gasteiger partial charge on any atom is -0.409 e. The minimum absolute atomic E-state index is 0.0930. The van der Waals surface area contributed by atoms with Crippen molar-refractivity contribution in [2.24, 2.45) is 16.8 Å². The summed E-state index contributed by atoms with van der Waals surface area (Å²) in [5.74, 6) is 0.200. The van der Waals surface area contributed by atoms with E-state index < -0.39 is 9.84 Å². The van der Waals surface area contributed by atoms with Crippen molar-refractivity contribution in [3.05, 3.63) is 0 Å². The summed E-state index contributed by atoms with van der Waals surface area (Å²) >= 11 is 0. The molecule has 0 bridgehead atoms. The van der Waals surface area contributed by atoms with Gasteiger partial charge in [-0.2, -0.15) is 0 Å². The highest BCUT2D eigenvalue weighted by Crippen LogP contribution is 2.01. The summed E-state index contributed by atoms with van der Waals surface area (Å²) < 4.78 is 22.0. The topological polar surface area (TPSA) is 96.0 Å². The highest BCUT2D eigenvalue weighted by atomic mass is 32.2. The lowest BCUT2D eigenvalue weighted by Gasteiger charge is -2.23. The van der Waals surface area contributed by atoms with E-state index in [0.717, 1.165) is 6.54 Å². The number of oxime groups is 1. The molecular formula is C9H21N3O3S. The van der Waals surface area contributed by atoms with E-state index in [4.69, 9.17) is 10.9 Å². The normalized spacial score (nSPS) is 15.4. The highest BCUT2D eigenvalue weighted by Gasteiger charge is 2.14. The van der Waals surface area contributed by atoms with Crippen LogP contribution in [0.4, 0.5) is 0 Å². The molecule has 0 aliphatic rings. The summed E-state index contributed by atoms with van der Waals surface area (Å²) in [6.07, 6.45) is 1.22. The molecule has 0 aliphatic heterocycles. The fourth-order valence-electron chi connectivity index (χ4n) is 1.25. The van der Waals surface area contributed by atoms with Crippen molar-refractivity contribution in [1.29, 1.82) is 0 Å². The second kappa shape index (κ2) is 6.70. The maximum Gasteiger partial charge on any atom is 0.148 e. The summed E-state index contributed by atoms with van der Waals surface area (Å²) in [5.41, 5.74) is 5.46. The van der Waals surface area contributed by atoms with E-state index in [0.29, 0.717) is 13.1 Å². The molecule has 0 rings (SSSR count). The second-order valence-corrected chi connectivity index (χ2v) is 6.21. The molecule has 1 unspecified atom stereocenters. The molecule has 1 atom stereocenters. The van der Waals surface area contributed by atoms with Crippen LogP contribution in [0, 0.1) is 5.92 Å². The number of rotatable bonds is 7. The Kier molecular flexibility index (Phi) is 6.35. The van der Waals surface area contributed by atoms with E-state index in [1.807, 2.05) is 18.7 Å². The van der Waals surface area contributed by atoms with Gasteiger partial charge >= 0.3 is 0 Å². The second-order valence-electron chi connectivity index (χ2n) is 3.95. The van der Waals surface area contributed by atoms with E-state index >= 15 is 0 Å². The van der Waals surface area contributed by atoms with Crippen LogP contribution in [0.1, 0.15) is 13.8 Å². The van der Waals surface area contributed by atoms with Gasteiger partial charge in [0.25, 0.3) is 0 Å². The molecule has 6 nitrogen and oxygen atoms in total. The molecule has 0 heterocycles. The predicted octanol–water partition coefficient (Wildman–Crippen LogP) is -0.265. The standard InChI is InChI=1S/C9H21N3O3S/c1-4-12(5-6-16(3,14)15)7-8(2)9(10)11-13/h8,13H,4-7H2,1-3H3,(H2,10,11). The Hall–Kier alpha value is -0.820. The first-order chi connectivity index (χ1) is 7.30. The first-order valence-electron chi connectivity index (χ1n) is 5.17. The monoisotopic (exact) mass is 251 g/mol. The molecule has 96 valence electrons. The molecule has 0 saturated carbocycles. The first kappa shape index (κ1) is 15.2. The third kappa shape index (κ3) is 6.62. The molecule has 0 fully saturated rings. The Bertz CT molecular complexity index is 327. The molecule has 0 aliphatic carbocycles. The third-order valence-corrected chi connectivity index (χ3v) is 3.30. The van der Waals surface area contributed by atoms with Crippen molar-refractivity contribution < 1.29 is 13.6 Å². The smallest absolute Gasteiger partial charge is 0.148 e. The zero-order valence-corrected chi connectivity index (χ0v) is 10.9. The van der Waals surface area contributed by atoms with E-state index in [9.17, 15) is 8.42 Å². The number of nitrogens with two attached hydrogens (primary N) is 1. The molecule has 0 aromatic carbocycles. The van der Waals surface area contributed by atoms with E-state index in [-0.39, 0.29) is 17.5 Å². The Morgan fingerprint density at radius 2 is 2.12 bits per heavy atom. The zero-order chi connectivity index (χ0) is 12.8. The van der Waals surface area contributed by atoms with Gasteiger partial charge in [-0.3, -0.25) is 0 Å². The molecule has 0 saturated heterocycles. The van der Waals surface area contributed by atoms with Crippen molar-refractivity contribution in [1.82, 2.24) is 4.90 Å². The predicted molar refractivity (Wildman–Crippen MR) is 64.4 cm³/mol. The van der Waals surface area contributed by atoms with Crippen LogP contribution in [0.2, 0.25) is 0 Å². The molecule has 0 aromatic rings. The fraction of sp³-hybridized carbons (Fsp3) is 0.889. The summed E-state index contributed by atoms with van der Waals surface area (Å²) in [7, 11) is -2.94. The van der Waals surface area contributed by atoms with Gasteiger partial charge in [0, 0.05) is 25.3 Å². The van der Waals surface area contributed by atoms with Gasteiger partial charge in [-0.15, -0.1) is 0 Å². The van der Waals surface area contributed by atoms with Gasteiger partial charge in [0.05, 0.1) is 5.75 Å². The van der Waals surface area contributed by atoms with Gasteiger partial charge in [-0.25, -0.2) is 8.42 Å².